The number of nitrogens with one attached hydrogen (secondary N) is 1. The van der Waals surface area contributed by atoms with E-state index < -0.39 is 0 Å². The SMILES string of the molecule is CCNCC(CCSCC)C1CCCC1. The molecule has 0 radical (unpaired) electrons. The molecule has 0 aromatic carbocycles. The Balaban J connectivity index is 2.23. The maximum atomic E-state index is 3.54. The average Bonchev–Trinajstić information content (AvgIpc) is 2.76. The van der Waals surface area contributed by atoms with Gasteiger partial charge in [0.15, 0.2) is 0 Å². The van der Waals surface area contributed by atoms with E-state index in [1.54, 1.807) is 0 Å². The lowest BCUT2D eigenvalue weighted by Gasteiger charge is -2.23. The van der Waals surface area contributed by atoms with Gasteiger partial charge < -0.3 is 5.32 Å². The highest BCUT2D eigenvalue weighted by Gasteiger charge is 2.23. The van der Waals surface area contributed by atoms with Crippen LogP contribution >= 0.6 is 11.8 Å². The molecule has 1 saturated carbocycles. The summed E-state index contributed by atoms with van der Waals surface area (Å²) in [6.07, 6.45) is 7.37. The quantitative estimate of drug-likeness (QED) is 0.639. The van der Waals surface area contributed by atoms with Gasteiger partial charge in [-0.25, -0.2) is 0 Å². The molecule has 1 nitrogen and oxygen atoms in total. The van der Waals surface area contributed by atoms with Gasteiger partial charge in [-0.1, -0.05) is 39.5 Å². The summed E-state index contributed by atoms with van der Waals surface area (Å²) in [5.41, 5.74) is 0. The first-order chi connectivity index (χ1) is 7.38. The zero-order chi connectivity index (χ0) is 10.9. The Kier molecular flexibility index (Phi) is 7.54. The summed E-state index contributed by atoms with van der Waals surface area (Å²) in [4.78, 5) is 0. The van der Waals surface area contributed by atoms with Gasteiger partial charge >= 0.3 is 0 Å². The van der Waals surface area contributed by atoms with Crippen molar-refractivity contribution in [3.63, 3.8) is 0 Å². The Labute approximate surface area is 99.8 Å². The van der Waals surface area contributed by atoms with E-state index in [1.807, 2.05) is 0 Å². The molecule has 90 valence electrons. The standard InChI is InChI=1S/C13H27NS/c1-3-14-11-13(9-10-15-4-2)12-7-5-6-8-12/h12-14H,3-11H2,1-2H3. The normalized spacial score (nSPS) is 19.6. The fraction of sp³-hybridized carbons (Fsp3) is 1.00. The van der Waals surface area contributed by atoms with E-state index in [0.717, 1.165) is 18.4 Å². The van der Waals surface area contributed by atoms with Crippen molar-refractivity contribution in [2.75, 3.05) is 24.6 Å². The van der Waals surface area contributed by atoms with Crippen molar-refractivity contribution in [2.45, 2.75) is 46.0 Å². The summed E-state index contributed by atoms with van der Waals surface area (Å²) in [5.74, 6) is 4.62. The van der Waals surface area contributed by atoms with Crippen LogP contribution in [-0.2, 0) is 0 Å². The van der Waals surface area contributed by atoms with Gasteiger partial charge in [-0.3, -0.25) is 0 Å². The summed E-state index contributed by atoms with van der Waals surface area (Å²) in [6, 6.07) is 0. The molecule has 1 fully saturated rings. The van der Waals surface area contributed by atoms with E-state index in [-0.39, 0.29) is 0 Å². The maximum Gasteiger partial charge on any atom is -0.00177 e. The van der Waals surface area contributed by atoms with Crippen molar-refractivity contribution in [3.05, 3.63) is 0 Å². The Morgan fingerprint density at radius 1 is 1.27 bits per heavy atom. The van der Waals surface area contributed by atoms with Gasteiger partial charge in [-0.2, -0.15) is 11.8 Å². The van der Waals surface area contributed by atoms with Crippen LogP contribution in [0.2, 0.25) is 0 Å². The second-order valence-electron chi connectivity index (χ2n) is 4.60. The van der Waals surface area contributed by atoms with Crippen LogP contribution in [0.25, 0.3) is 0 Å². The van der Waals surface area contributed by atoms with Gasteiger partial charge in [0.2, 0.25) is 0 Å². The van der Waals surface area contributed by atoms with E-state index in [1.165, 1.54) is 50.2 Å². The van der Waals surface area contributed by atoms with E-state index in [9.17, 15) is 0 Å². The molecule has 0 saturated heterocycles. The number of hydrogen-bond donors (Lipinski definition) is 1. The number of rotatable bonds is 8. The highest BCUT2D eigenvalue weighted by molar-refractivity contribution is 7.99. The summed E-state index contributed by atoms with van der Waals surface area (Å²) in [7, 11) is 0. The van der Waals surface area contributed by atoms with Crippen LogP contribution in [0.1, 0.15) is 46.0 Å². The van der Waals surface area contributed by atoms with Gasteiger partial charge in [0.25, 0.3) is 0 Å². The first-order valence-corrected chi connectivity index (χ1v) is 7.82. The number of thioether (sulfide) groups is 1. The topological polar surface area (TPSA) is 12.0 Å². The molecule has 0 aromatic heterocycles. The third kappa shape index (κ3) is 5.26. The highest BCUT2D eigenvalue weighted by atomic mass is 32.2. The van der Waals surface area contributed by atoms with Gasteiger partial charge in [-0.15, -0.1) is 0 Å². The minimum Gasteiger partial charge on any atom is -0.317 e. The lowest BCUT2D eigenvalue weighted by molar-refractivity contribution is 0.318. The Hall–Kier alpha value is 0.310. The molecule has 2 heteroatoms. The zero-order valence-electron chi connectivity index (χ0n) is 10.4. The molecule has 0 spiro atoms. The minimum absolute atomic E-state index is 0.950. The molecule has 0 amide bonds. The summed E-state index contributed by atoms with van der Waals surface area (Å²) in [6.45, 7) is 6.86. The fourth-order valence-electron chi connectivity index (χ4n) is 2.64. The van der Waals surface area contributed by atoms with Crippen LogP contribution in [0.3, 0.4) is 0 Å². The van der Waals surface area contributed by atoms with Crippen molar-refractivity contribution in [2.24, 2.45) is 11.8 Å². The predicted octanol–water partition coefficient (Wildman–Crippen LogP) is 3.55. The van der Waals surface area contributed by atoms with Crippen LogP contribution in [0.4, 0.5) is 0 Å². The maximum absolute atomic E-state index is 3.54. The monoisotopic (exact) mass is 229 g/mol. The Bertz CT molecular complexity index is 143. The third-order valence-electron chi connectivity index (χ3n) is 3.56. The van der Waals surface area contributed by atoms with Crippen molar-refractivity contribution < 1.29 is 0 Å². The lowest BCUT2D eigenvalue weighted by atomic mass is 9.88. The molecule has 1 atom stereocenters. The first kappa shape index (κ1) is 13.4. The lowest BCUT2D eigenvalue weighted by Crippen LogP contribution is -2.27. The van der Waals surface area contributed by atoms with Crippen LogP contribution in [0.5, 0.6) is 0 Å². The third-order valence-corrected chi connectivity index (χ3v) is 4.49. The van der Waals surface area contributed by atoms with Gasteiger partial charge in [-0.05, 0) is 42.9 Å². The predicted molar refractivity (Wildman–Crippen MR) is 71.6 cm³/mol. The molecule has 15 heavy (non-hydrogen) atoms. The fourth-order valence-corrected chi connectivity index (χ4v) is 3.40. The highest BCUT2D eigenvalue weighted by Crippen LogP contribution is 2.33. The molecule has 1 rings (SSSR count). The van der Waals surface area contributed by atoms with Crippen molar-refractivity contribution in [1.82, 2.24) is 5.32 Å². The Morgan fingerprint density at radius 2 is 2.00 bits per heavy atom. The molecule has 0 aliphatic heterocycles. The van der Waals surface area contributed by atoms with Gasteiger partial charge in [0.1, 0.15) is 0 Å². The molecule has 1 unspecified atom stereocenters. The van der Waals surface area contributed by atoms with Crippen molar-refractivity contribution >= 4 is 11.8 Å². The molecule has 0 aromatic rings. The number of hydrogen-bond acceptors (Lipinski definition) is 2. The van der Waals surface area contributed by atoms with Gasteiger partial charge in [0.05, 0.1) is 0 Å². The largest absolute Gasteiger partial charge is 0.317 e. The minimum atomic E-state index is 0.950. The second kappa shape index (κ2) is 8.46. The zero-order valence-corrected chi connectivity index (χ0v) is 11.2. The van der Waals surface area contributed by atoms with Crippen LogP contribution in [0.15, 0.2) is 0 Å². The first-order valence-electron chi connectivity index (χ1n) is 6.66. The van der Waals surface area contributed by atoms with E-state index in [2.05, 4.69) is 30.9 Å². The summed E-state index contributed by atoms with van der Waals surface area (Å²) < 4.78 is 0. The van der Waals surface area contributed by atoms with E-state index in [0.29, 0.717) is 0 Å². The van der Waals surface area contributed by atoms with E-state index >= 15 is 0 Å². The molecule has 1 aliphatic rings. The Morgan fingerprint density at radius 3 is 2.60 bits per heavy atom. The van der Waals surface area contributed by atoms with Crippen molar-refractivity contribution in [1.29, 1.82) is 0 Å². The molecule has 0 bridgehead atoms. The summed E-state index contributed by atoms with van der Waals surface area (Å²) in [5, 5.41) is 3.54. The smallest absolute Gasteiger partial charge is 0.00177 e. The molecule has 1 N–H and O–H groups in total. The van der Waals surface area contributed by atoms with Crippen molar-refractivity contribution in [3.8, 4) is 0 Å². The van der Waals surface area contributed by atoms with Crippen LogP contribution < -0.4 is 5.32 Å². The van der Waals surface area contributed by atoms with Crippen LogP contribution in [0, 0.1) is 11.8 Å². The molecular weight excluding hydrogens is 202 g/mol. The molecular formula is C13H27NS. The molecule has 0 heterocycles. The second-order valence-corrected chi connectivity index (χ2v) is 5.99. The van der Waals surface area contributed by atoms with Gasteiger partial charge in [0, 0.05) is 0 Å². The van der Waals surface area contributed by atoms with Crippen LogP contribution in [-0.4, -0.2) is 24.6 Å². The summed E-state index contributed by atoms with van der Waals surface area (Å²) >= 11 is 2.10. The van der Waals surface area contributed by atoms with E-state index in [4.69, 9.17) is 0 Å². The average molecular weight is 229 g/mol. The molecule has 1 aliphatic carbocycles.